The SMILES string of the molecule is CCOc1ccc(Br)cc1/C=N\NC(=O)COc1ccc2ccccc2c1Br. The highest BCUT2D eigenvalue weighted by Crippen LogP contribution is 2.32. The molecule has 5 nitrogen and oxygen atoms in total. The summed E-state index contributed by atoms with van der Waals surface area (Å²) in [6, 6.07) is 17.3. The van der Waals surface area contributed by atoms with Gasteiger partial charge in [-0.05, 0) is 57.9 Å². The van der Waals surface area contributed by atoms with Crippen molar-refractivity contribution in [1.82, 2.24) is 5.43 Å². The minimum atomic E-state index is -0.357. The van der Waals surface area contributed by atoms with Gasteiger partial charge in [0.15, 0.2) is 6.61 Å². The van der Waals surface area contributed by atoms with Crippen LogP contribution in [-0.4, -0.2) is 25.3 Å². The van der Waals surface area contributed by atoms with E-state index in [0.717, 1.165) is 25.3 Å². The maximum atomic E-state index is 12.1. The van der Waals surface area contributed by atoms with Crippen molar-refractivity contribution in [1.29, 1.82) is 0 Å². The van der Waals surface area contributed by atoms with E-state index >= 15 is 0 Å². The number of hydrogen-bond donors (Lipinski definition) is 1. The highest BCUT2D eigenvalue weighted by atomic mass is 79.9. The number of carbonyl (C=O) groups excluding carboxylic acids is 1. The minimum Gasteiger partial charge on any atom is -0.493 e. The molecule has 0 aromatic heterocycles. The van der Waals surface area contributed by atoms with Gasteiger partial charge in [-0.25, -0.2) is 5.43 Å². The lowest BCUT2D eigenvalue weighted by Crippen LogP contribution is -2.24. The molecule has 0 atom stereocenters. The molecule has 0 aliphatic rings. The number of nitrogens with one attached hydrogen (secondary N) is 1. The second kappa shape index (κ2) is 9.71. The Morgan fingerprint density at radius 1 is 1.07 bits per heavy atom. The lowest BCUT2D eigenvalue weighted by molar-refractivity contribution is -0.123. The maximum absolute atomic E-state index is 12.1. The van der Waals surface area contributed by atoms with Crippen LogP contribution in [-0.2, 0) is 4.79 Å². The molecular weight excluding hydrogens is 488 g/mol. The van der Waals surface area contributed by atoms with Gasteiger partial charge in [0.2, 0.25) is 0 Å². The van der Waals surface area contributed by atoms with Gasteiger partial charge in [0.25, 0.3) is 5.91 Å². The number of fused-ring (bicyclic) bond motifs is 1. The first-order valence-corrected chi connectivity index (χ1v) is 10.2. The standard InChI is InChI=1S/C21H18Br2N2O3/c1-2-27-18-10-8-16(22)11-15(18)12-24-25-20(26)13-28-19-9-7-14-5-3-4-6-17(14)21(19)23/h3-12H,2,13H2,1H3,(H,25,26)/b24-12-. The first-order chi connectivity index (χ1) is 13.6. The molecule has 0 saturated carbocycles. The fourth-order valence-electron chi connectivity index (χ4n) is 2.58. The normalized spacial score (nSPS) is 11.0. The Balaban J connectivity index is 1.60. The molecule has 0 saturated heterocycles. The number of carbonyl (C=O) groups is 1. The summed E-state index contributed by atoms with van der Waals surface area (Å²) in [5, 5.41) is 6.11. The average molecular weight is 506 g/mol. The molecule has 1 amide bonds. The van der Waals surface area contributed by atoms with Crippen LogP contribution in [0.5, 0.6) is 11.5 Å². The fourth-order valence-corrected chi connectivity index (χ4v) is 3.57. The van der Waals surface area contributed by atoms with Crippen LogP contribution in [0.4, 0.5) is 0 Å². The molecule has 0 spiro atoms. The molecule has 1 N–H and O–H groups in total. The number of ether oxygens (including phenoxy) is 2. The zero-order valence-corrected chi connectivity index (χ0v) is 18.3. The van der Waals surface area contributed by atoms with E-state index in [0.29, 0.717) is 18.1 Å². The molecule has 0 aliphatic heterocycles. The molecule has 28 heavy (non-hydrogen) atoms. The summed E-state index contributed by atoms with van der Waals surface area (Å²) >= 11 is 6.95. The molecule has 0 unspecified atom stereocenters. The van der Waals surface area contributed by atoms with E-state index in [9.17, 15) is 4.79 Å². The quantitative estimate of drug-likeness (QED) is 0.350. The number of hydrogen-bond acceptors (Lipinski definition) is 4. The molecule has 0 aliphatic carbocycles. The zero-order valence-electron chi connectivity index (χ0n) is 15.1. The van der Waals surface area contributed by atoms with Gasteiger partial charge in [-0.2, -0.15) is 5.10 Å². The summed E-state index contributed by atoms with van der Waals surface area (Å²) in [6.07, 6.45) is 1.54. The predicted octanol–water partition coefficient (Wildman–Crippen LogP) is 5.29. The van der Waals surface area contributed by atoms with Crippen molar-refractivity contribution in [2.75, 3.05) is 13.2 Å². The van der Waals surface area contributed by atoms with Crippen molar-refractivity contribution in [3.8, 4) is 11.5 Å². The number of nitrogens with zero attached hydrogens (tertiary/aromatic N) is 1. The van der Waals surface area contributed by atoms with Gasteiger partial charge < -0.3 is 9.47 Å². The van der Waals surface area contributed by atoms with Gasteiger partial charge in [0.1, 0.15) is 11.5 Å². The molecule has 144 valence electrons. The van der Waals surface area contributed by atoms with E-state index in [-0.39, 0.29) is 12.5 Å². The van der Waals surface area contributed by atoms with E-state index in [4.69, 9.17) is 9.47 Å². The molecule has 0 bridgehead atoms. The van der Waals surface area contributed by atoms with Crippen molar-refractivity contribution in [3.05, 3.63) is 69.1 Å². The Hall–Kier alpha value is -2.38. The number of halogens is 2. The van der Waals surface area contributed by atoms with Crippen LogP contribution in [0.25, 0.3) is 10.8 Å². The highest BCUT2D eigenvalue weighted by molar-refractivity contribution is 9.11. The van der Waals surface area contributed by atoms with Crippen molar-refractivity contribution in [2.24, 2.45) is 5.10 Å². The van der Waals surface area contributed by atoms with Crippen LogP contribution in [0.3, 0.4) is 0 Å². The average Bonchev–Trinajstić information content (AvgIpc) is 2.70. The number of rotatable bonds is 7. The summed E-state index contributed by atoms with van der Waals surface area (Å²) in [4.78, 5) is 12.1. The third-order valence-electron chi connectivity index (χ3n) is 3.85. The first kappa shape index (κ1) is 20.4. The lowest BCUT2D eigenvalue weighted by Gasteiger charge is -2.10. The number of hydrazone groups is 1. The van der Waals surface area contributed by atoms with Crippen molar-refractivity contribution in [3.63, 3.8) is 0 Å². The van der Waals surface area contributed by atoms with Crippen molar-refractivity contribution < 1.29 is 14.3 Å². The van der Waals surface area contributed by atoms with Gasteiger partial charge in [0, 0.05) is 10.0 Å². The largest absolute Gasteiger partial charge is 0.493 e. The van der Waals surface area contributed by atoms with E-state index in [2.05, 4.69) is 42.4 Å². The molecule has 7 heteroatoms. The van der Waals surface area contributed by atoms with E-state index < -0.39 is 0 Å². The van der Waals surface area contributed by atoms with Crippen LogP contribution in [0.2, 0.25) is 0 Å². The lowest BCUT2D eigenvalue weighted by atomic mass is 10.1. The Labute approximate surface area is 180 Å². The molecular formula is C21H18Br2N2O3. The van der Waals surface area contributed by atoms with Gasteiger partial charge in [-0.15, -0.1) is 0 Å². The van der Waals surface area contributed by atoms with Crippen LogP contribution in [0.1, 0.15) is 12.5 Å². The summed E-state index contributed by atoms with van der Waals surface area (Å²) in [6.45, 7) is 2.31. The van der Waals surface area contributed by atoms with Gasteiger partial charge >= 0.3 is 0 Å². The predicted molar refractivity (Wildman–Crippen MR) is 118 cm³/mol. The van der Waals surface area contributed by atoms with Gasteiger partial charge in [-0.1, -0.05) is 46.3 Å². The first-order valence-electron chi connectivity index (χ1n) is 8.62. The molecule has 0 radical (unpaired) electrons. The van der Waals surface area contributed by atoms with Gasteiger partial charge in [0.05, 0.1) is 17.3 Å². The highest BCUT2D eigenvalue weighted by Gasteiger charge is 2.08. The molecule has 3 rings (SSSR count). The van der Waals surface area contributed by atoms with E-state index in [1.54, 1.807) is 6.21 Å². The van der Waals surface area contributed by atoms with Gasteiger partial charge in [-0.3, -0.25) is 4.79 Å². The van der Waals surface area contributed by atoms with Crippen molar-refractivity contribution >= 4 is 54.8 Å². The fraction of sp³-hybridized carbons (Fsp3) is 0.143. The van der Waals surface area contributed by atoms with Crippen LogP contribution >= 0.6 is 31.9 Å². The molecule has 0 fully saturated rings. The summed E-state index contributed by atoms with van der Waals surface area (Å²) < 4.78 is 12.9. The number of amides is 1. The summed E-state index contributed by atoms with van der Waals surface area (Å²) in [5.41, 5.74) is 3.23. The Morgan fingerprint density at radius 3 is 2.68 bits per heavy atom. The second-order valence-electron chi connectivity index (χ2n) is 5.80. The van der Waals surface area contributed by atoms with E-state index in [1.807, 2.05) is 61.5 Å². The zero-order chi connectivity index (χ0) is 19.9. The third kappa shape index (κ3) is 5.11. The van der Waals surface area contributed by atoms with E-state index in [1.165, 1.54) is 0 Å². The Morgan fingerprint density at radius 2 is 1.86 bits per heavy atom. The monoisotopic (exact) mass is 504 g/mol. The number of benzene rings is 3. The molecule has 0 heterocycles. The molecule has 3 aromatic rings. The summed E-state index contributed by atoms with van der Waals surface area (Å²) in [7, 11) is 0. The van der Waals surface area contributed by atoms with Crippen molar-refractivity contribution in [2.45, 2.75) is 6.92 Å². The minimum absolute atomic E-state index is 0.148. The topological polar surface area (TPSA) is 59.9 Å². The Bertz CT molecular complexity index is 1020. The van der Waals surface area contributed by atoms with Crippen LogP contribution < -0.4 is 14.9 Å². The second-order valence-corrected chi connectivity index (χ2v) is 7.50. The van der Waals surface area contributed by atoms with Crippen LogP contribution in [0.15, 0.2) is 68.6 Å². The third-order valence-corrected chi connectivity index (χ3v) is 5.16. The Kier molecular flexibility index (Phi) is 7.06. The maximum Gasteiger partial charge on any atom is 0.277 e. The molecule has 3 aromatic carbocycles. The van der Waals surface area contributed by atoms with Crippen LogP contribution in [0, 0.1) is 0 Å². The summed E-state index contributed by atoms with van der Waals surface area (Å²) in [5.74, 6) is 0.938. The smallest absolute Gasteiger partial charge is 0.277 e.